The minimum atomic E-state index is 1.22. The van der Waals surface area contributed by atoms with Crippen LogP contribution in [0, 0.1) is 0 Å². The van der Waals surface area contributed by atoms with Gasteiger partial charge >= 0.3 is 0 Å². The highest BCUT2D eigenvalue weighted by molar-refractivity contribution is 5.50. The minimum absolute atomic E-state index is 1.22. The summed E-state index contributed by atoms with van der Waals surface area (Å²) in [5.74, 6) is 0. The predicted octanol–water partition coefficient (Wildman–Crippen LogP) is 4.44. The van der Waals surface area contributed by atoms with E-state index < -0.39 is 0 Å². The molecule has 0 N–H and O–H groups in total. The van der Waals surface area contributed by atoms with E-state index in [0.717, 1.165) is 0 Å². The van der Waals surface area contributed by atoms with Crippen molar-refractivity contribution in [3.05, 3.63) is 29.3 Å². The van der Waals surface area contributed by atoms with E-state index in [4.69, 9.17) is 0 Å². The molecule has 0 aromatic heterocycles. The second kappa shape index (κ2) is 7.37. The zero-order chi connectivity index (χ0) is 12.7. The van der Waals surface area contributed by atoms with Crippen LogP contribution in [0.1, 0.15) is 50.7 Å². The molecule has 1 aromatic rings. The van der Waals surface area contributed by atoms with Crippen molar-refractivity contribution in [2.24, 2.45) is 0 Å². The predicted molar refractivity (Wildman–Crippen MR) is 78.0 cm³/mol. The highest BCUT2D eigenvalue weighted by Crippen LogP contribution is 2.20. The first-order valence-electron chi connectivity index (χ1n) is 6.97. The molecule has 0 fully saturated rings. The Balaban J connectivity index is 2.84. The number of rotatable bonds is 7. The van der Waals surface area contributed by atoms with E-state index in [9.17, 15) is 0 Å². The summed E-state index contributed by atoms with van der Waals surface area (Å²) in [7, 11) is 4.26. The summed E-state index contributed by atoms with van der Waals surface area (Å²) in [6, 6.07) is 7.08. The molecular weight excluding hydrogens is 206 g/mol. The van der Waals surface area contributed by atoms with E-state index in [-0.39, 0.29) is 0 Å². The monoisotopic (exact) mass is 233 g/mol. The third-order valence-corrected chi connectivity index (χ3v) is 3.19. The lowest BCUT2D eigenvalue weighted by molar-refractivity contribution is 0.780. The Morgan fingerprint density at radius 2 is 1.29 bits per heavy atom. The lowest BCUT2D eigenvalue weighted by atomic mass is 10.0. The van der Waals surface area contributed by atoms with Crippen molar-refractivity contribution in [1.29, 1.82) is 0 Å². The molecule has 0 spiro atoms. The molecular formula is C16H27N. The molecule has 0 aliphatic rings. The van der Waals surface area contributed by atoms with E-state index in [1.807, 2.05) is 0 Å². The van der Waals surface area contributed by atoms with Crippen LogP contribution in [-0.2, 0) is 12.8 Å². The Morgan fingerprint density at radius 3 is 1.65 bits per heavy atom. The number of aryl methyl sites for hydroxylation is 2. The second-order valence-electron chi connectivity index (χ2n) is 5.11. The van der Waals surface area contributed by atoms with Crippen molar-refractivity contribution in [2.75, 3.05) is 19.0 Å². The molecule has 0 aliphatic heterocycles. The van der Waals surface area contributed by atoms with Crippen molar-refractivity contribution < 1.29 is 0 Å². The standard InChI is InChI=1S/C16H27N/c1-5-7-9-14-11-15(10-8-6-2)13-16(12-14)17(3)4/h11-13H,5-10H2,1-4H3. The molecule has 0 saturated heterocycles. The van der Waals surface area contributed by atoms with Gasteiger partial charge < -0.3 is 4.90 Å². The molecule has 0 radical (unpaired) electrons. The van der Waals surface area contributed by atoms with Crippen molar-refractivity contribution in [2.45, 2.75) is 52.4 Å². The number of nitrogens with zero attached hydrogens (tertiary/aromatic N) is 1. The summed E-state index contributed by atoms with van der Waals surface area (Å²) in [5, 5.41) is 0. The van der Waals surface area contributed by atoms with Gasteiger partial charge in [-0.05, 0) is 48.9 Å². The molecule has 1 heteroatoms. The maximum absolute atomic E-state index is 2.40. The number of anilines is 1. The first-order chi connectivity index (χ1) is 8.17. The Bertz CT molecular complexity index is 302. The van der Waals surface area contributed by atoms with Gasteiger partial charge in [-0.1, -0.05) is 32.8 Å². The van der Waals surface area contributed by atoms with Crippen LogP contribution in [0.15, 0.2) is 18.2 Å². The van der Waals surface area contributed by atoms with Gasteiger partial charge in [0.25, 0.3) is 0 Å². The fourth-order valence-electron chi connectivity index (χ4n) is 2.05. The number of hydrogen-bond donors (Lipinski definition) is 0. The smallest absolute Gasteiger partial charge is 0.0366 e. The first-order valence-corrected chi connectivity index (χ1v) is 6.97. The van der Waals surface area contributed by atoms with E-state index in [2.05, 4.69) is 51.0 Å². The molecule has 17 heavy (non-hydrogen) atoms. The van der Waals surface area contributed by atoms with E-state index >= 15 is 0 Å². The highest BCUT2D eigenvalue weighted by Gasteiger charge is 2.02. The van der Waals surface area contributed by atoms with Crippen molar-refractivity contribution in [3.8, 4) is 0 Å². The third-order valence-electron chi connectivity index (χ3n) is 3.19. The average Bonchev–Trinajstić information content (AvgIpc) is 2.33. The van der Waals surface area contributed by atoms with Gasteiger partial charge in [-0.2, -0.15) is 0 Å². The summed E-state index contributed by atoms with van der Waals surface area (Å²) >= 11 is 0. The molecule has 0 saturated carbocycles. The van der Waals surface area contributed by atoms with Crippen LogP contribution in [0.25, 0.3) is 0 Å². The van der Waals surface area contributed by atoms with Gasteiger partial charge in [-0.3, -0.25) is 0 Å². The Hall–Kier alpha value is -0.980. The summed E-state index contributed by atoms with van der Waals surface area (Å²) in [4.78, 5) is 2.21. The van der Waals surface area contributed by atoms with Gasteiger partial charge in [0.2, 0.25) is 0 Å². The van der Waals surface area contributed by atoms with Gasteiger partial charge in [0.1, 0.15) is 0 Å². The van der Waals surface area contributed by atoms with Crippen LogP contribution < -0.4 is 4.90 Å². The Kier molecular flexibility index (Phi) is 6.10. The zero-order valence-corrected chi connectivity index (χ0v) is 11.9. The molecule has 0 aliphatic carbocycles. The van der Waals surface area contributed by atoms with Gasteiger partial charge in [-0.15, -0.1) is 0 Å². The zero-order valence-electron chi connectivity index (χ0n) is 11.9. The van der Waals surface area contributed by atoms with E-state index in [1.165, 1.54) is 55.3 Å². The molecule has 1 rings (SSSR count). The van der Waals surface area contributed by atoms with Gasteiger partial charge in [-0.25, -0.2) is 0 Å². The molecule has 0 heterocycles. The average molecular weight is 233 g/mol. The van der Waals surface area contributed by atoms with E-state index in [0.29, 0.717) is 0 Å². The SMILES string of the molecule is CCCCc1cc(CCCC)cc(N(C)C)c1. The number of benzene rings is 1. The topological polar surface area (TPSA) is 3.24 Å². The summed E-state index contributed by atoms with van der Waals surface area (Å²) < 4.78 is 0. The Morgan fingerprint density at radius 1 is 0.824 bits per heavy atom. The molecule has 0 amide bonds. The molecule has 0 bridgehead atoms. The van der Waals surface area contributed by atoms with Crippen molar-refractivity contribution >= 4 is 5.69 Å². The van der Waals surface area contributed by atoms with Crippen LogP contribution in [0.3, 0.4) is 0 Å². The fourth-order valence-corrected chi connectivity index (χ4v) is 2.05. The Labute approximate surface area is 107 Å². The highest BCUT2D eigenvalue weighted by atomic mass is 15.1. The molecule has 0 atom stereocenters. The van der Waals surface area contributed by atoms with Crippen molar-refractivity contribution in [1.82, 2.24) is 0 Å². The number of unbranched alkanes of at least 4 members (excludes halogenated alkanes) is 2. The fraction of sp³-hybridized carbons (Fsp3) is 0.625. The van der Waals surface area contributed by atoms with Crippen LogP contribution in [0.5, 0.6) is 0 Å². The largest absolute Gasteiger partial charge is 0.378 e. The second-order valence-corrected chi connectivity index (χ2v) is 5.11. The summed E-state index contributed by atoms with van der Waals surface area (Å²) in [5.41, 5.74) is 4.36. The van der Waals surface area contributed by atoms with Gasteiger partial charge in [0, 0.05) is 19.8 Å². The van der Waals surface area contributed by atoms with Crippen LogP contribution in [0.2, 0.25) is 0 Å². The molecule has 1 nitrogen and oxygen atoms in total. The van der Waals surface area contributed by atoms with E-state index in [1.54, 1.807) is 0 Å². The van der Waals surface area contributed by atoms with Gasteiger partial charge in [0.15, 0.2) is 0 Å². The van der Waals surface area contributed by atoms with Crippen LogP contribution in [-0.4, -0.2) is 14.1 Å². The summed E-state index contributed by atoms with van der Waals surface area (Å²) in [6.07, 6.45) is 7.58. The lowest BCUT2D eigenvalue weighted by Gasteiger charge is -2.16. The molecule has 0 unspecified atom stereocenters. The quantitative estimate of drug-likeness (QED) is 0.673. The minimum Gasteiger partial charge on any atom is -0.378 e. The maximum Gasteiger partial charge on any atom is 0.0366 e. The molecule has 96 valence electrons. The number of hydrogen-bond acceptors (Lipinski definition) is 1. The first kappa shape index (κ1) is 14.1. The maximum atomic E-state index is 2.40. The summed E-state index contributed by atoms with van der Waals surface area (Å²) in [6.45, 7) is 4.52. The van der Waals surface area contributed by atoms with Crippen LogP contribution >= 0.6 is 0 Å². The van der Waals surface area contributed by atoms with Crippen LogP contribution in [0.4, 0.5) is 5.69 Å². The van der Waals surface area contributed by atoms with Crippen molar-refractivity contribution in [3.63, 3.8) is 0 Å². The van der Waals surface area contributed by atoms with Gasteiger partial charge in [0.05, 0.1) is 0 Å². The lowest BCUT2D eigenvalue weighted by Crippen LogP contribution is -2.09. The normalized spacial score (nSPS) is 10.6. The molecule has 1 aromatic carbocycles. The third kappa shape index (κ3) is 4.80.